The summed E-state index contributed by atoms with van der Waals surface area (Å²) in [4.78, 5) is 24.7. The van der Waals surface area contributed by atoms with E-state index in [-0.39, 0.29) is 5.56 Å². The minimum Gasteiger partial charge on any atom is -0.497 e. The number of nitrogens with zero attached hydrogens (tertiary/aromatic N) is 1. The van der Waals surface area contributed by atoms with Crippen LogP contribution in [0.5, 0.6) is 17.2 Å². The average molecular weight is 552 g/mol. The molecule has 0 aliphatic carbocycles. The number of carbonyl (C=O) groups is 2. The summed E-state index contributed by atoms with van der Waals surface area (Å²) in [7, 11) is 3.22. The van der Waals surface area contributed by atoms with E-state index in [1.165, 1.54) is 0 Å². The van der Waals surface area contributed by atoms with E-state index in [4.69, 9.17) is 18.9 Å². The second-order valence-electron chi connectivity index (χ2n) is 8.65. The van der Waals surface area contributed by atoms with Gasteiger partial charge < -0.3 is 34.9 Å². The Balaban J connectivity index is 0.000000649. The van der Waals surface area contributed by atoms with E-state index in [0.29, 0.717) is 30.3 Å². The van der Waals surface area contributed by atoms with Crippen molar-refractivity contribution in [1.29, 1.82) is 0 Å². The van der Waals surface area contributed by atoms with E-state index in [1.807, 2.05) is 25.1 Å². The third kappa shape index (κ3) is 9.44. The molecule has 214 valence electrons. The highest BCUT2D eigenvalue weighted by Crippen LogP contribution is 2.25. The number of ether oxygens (including phenoxy) is 4. The van der Waals surface area contributed by atoms with Crippen LogP contribution in [0.1, 0.15) is 28.5 Å². The molecule has 1 fully saturated rings. The van der Waals surface area contributed by atoms with Crippen LogP contribution in [0.15, 0.2) is 55.1 Å². The van der Waals surface area contributed by atoms with Crippen molar-refractivity contribution >= 4 is 23.3 Å². The highest BCUT2D eigenvalue weighted by molar-refractivity contribution is 6.11. The van der Waals surface area contributed by atoms with Crippen molar-refractivity contribution in [2.24, 2.45) is 0 Å². The molecule has 1 aliphatic heterocycles. The van der Waals surface area contributed by atoms with Crippen molar-refractivity contribution in [2.45, 2.75) is 19.8 Å². The van der Waals surface area contributed by atoms with Gasteiger partial charge in [-0.1, -0.05) is 6.58 Å². The summed E-state index contributed by atoms with van der Waals surface area (Å²) in [5.74, 6) is 1.51. The molecule has 0 unspecified atom stereocenters. The Morgan fingerprint density at radius 1 is 1.00 bits per heavy atom. The van der Waals surface area contributed by atoms with Crippen LogP contribution >= 0.6 is 0 Å². The number of aryl methyl sites for hydroxylation is 2. The van der Waals surface area contributed by atoms with Gasteiger partial charge in [-0.05, 0) is 55.7 Å². The number of carbonyl (C=O) groups excluding carboxylic acids is 2. The molecule has 3 aromatic rings. The lowest BCUT2D eigenvalue weighted by molar-refractivity contribution is -0.111. The lowest BCUT2D eigenvalue weighted by atomic mass is 10.1. The number of anilines is 2. The molecule has 0 atom stereocenters. The van der Waals surface area contributed by atoms with Gasteiger partial charge in [0.05, 0.1) is 45.3 Å². The topological polar surface area (TPSA) is 136 Å². The third-order valence-electron chi connectivity index (χ3n) is 5.80. The molecule has 2 amide bonds. The average Bonchev–Trinajstić information content (AvgIpc) is 3.44. The van der Waals surface area contributed by atoms with Gasteiger partial charge in [-0.25, -0.2) is 0 Å². The van der Waals surface area contributed by atoms with Crippen LogP contribution in [0.3, 0.4) is 0 Å². The van der Waals surface area contributed by atoms with Gasteiger partial charge in [0, 0.05) is 37.0 Å². The number of hydrogen-bond acceptors (Lipinski definition) is 8. The molecule has 0 bridgehead atoms. The first-order valence-corrected chi connectivity index (χ1v) is 13.0. The first-order chi connectivity index (χ1) is 19.4. The number of amides is 2. The second kappa shape index (κ2) is 15.9. The van der Waals surface area contributed by atoms with Gasteiger partial charge in [-0.15, -0.1) is 0 Å². The second-order valence-corrected chi connectivity index (χ2v) is 8.65. The highest BCUT2D eigenvalue weighted by Gasteiger charge is 2.16. The standard InChI is InChI=1S/C25H28N4O5.C4H9NO/c1-5-24(30)26-22-15-18(34-6-2)9-10-21(22)25(31)27-23-13-17(28-29-23)8-7-16-11-19(32-3)14-20(12-16)33-4;1-3-6-4-2-5-1/h5,9-15H,1,6-8H2,2-4H3,(H,26,30)(H2,27,28,29,31);5H,1-4H2. The Hall–Kier alpha value is -4.35. The van der Waals surface area contributed by atoms with Crippen LogP contribution in [0.4, 0.5) is 11.5 Å². The molecule has 0 saturated carbocycles. The summed E-state index contributed by atoms with van der Waals surface area (Å²) in [6.45, 7) is 9.59. The summed E-state index contributed by atoms with van der Waals surface area (Å²) in [6, 6.07) is 12.3. The smallest absolute Gasteiger partial charge is 0.258 e. The normalized spacial score (nSPS) is 12.4. The van der Waals surface area contributed by atoms with Crippen LogP contribution in [0.2, 0.25) is 0 Å². The summed E-state index contributed by atoms with van der Waals surface area (Å²) < 4.78 is 21.1. The molecule has 1 aromatic heterocycles. The fraction of sp³-hybridized carbons (Fsp3) is 0.345. The molecule has 1 aliphatic rings. The van der Waals surface area contributed by atoms with Crippen LogP contribution < -0.4 is 30.2 Å². The molecule has 4 N–H and O–H groups in total. The Morgan fingerprint density at radius 2 is 1.73 bits per heavy atom. The molecule has 2 heterocycles. The van der Waals surface area contributed by atoms with Crippen LogP contribution in [0.25, 0.3) is 0 Å². The molecule has 11 heteroatoms. The zero-order chi connectivity index (χ0) is 28.7. The van der Waals surface area contributed by atoms with Gasteiger partial charge in [0.2, 0.25) is 5.91 Å². The van der Waals surface area contributed by atoms with Crippen molar-refractivity contribution in [3.05, 3.63) is 71.9 Å². The maximum atomic E-state index is 12.9. The predicted molar refractivity (Wildman–Crippen MR) is 154 cm³/mol. The Bertz CT molecular complexity index is 1240. The van der Waals surface area contributed by atoms with Crippen molar-refractivity contribution in [1.82, 2.24) is 15.5 Å². The maximum Gasteiger partial charge on any atom is 0.258 e. The van der Waals surface area contributed by atoms with E-state index in [9.17, 15) is 9.59 Å². The van der Waals surface area contributed by atoms with Crippen LogP contribution in [-0.4, -0.2) is 69.1 Å². The van der Waals surface area contributed by atoms with E-state index >= 15 is 0 Å². The zero-order valence-corrected chi connectivity index (χ0v) is 23.2. The zero-order valence-electron chi connectivity index (χ0n) is 23.2. The number of benzene rings is 2. The first kappa shape index (κ1) is 30.2. The molecule has 4 rings (SSSR count). The maximum absolute atomic E-state index is 12.9. The van der Waals surface area contributed by atoms with Gasteiger partial charge in [0.25, 0.3) is 5.91 Å². The van der Waals surface area contributed by atoms with Crippen molar-refractivity contribution in [3.8, 4) is 17.2 Å². The Morgan fingerprint density at radius 3 is 2.30 bits per heavy atom. The number of H-pyrrole nitrogens is 1. The summed E-state index contributed by atoms with van der Waals surface area (Å²) in [5, 5.41) is 15.7. The number of rotatable bonds is 11. The number of aromatic amines is 1. The molecule has 0 radical (unpaired) electrons. The van der Waals surface area contributed by atoms with E-state index < -0.39 is 11.8 Å². The first-order valence-electron chi connectivity index (χ1n) is 13.0. The largest absolute Gasteiger partial charge is 0.497 e. The van der Waals surface area contributed by atoms with Gasteiger partial charge in [0.1, 0.15) is 17.2 Å². The monoisotopic (exact) mass is 551 g/mol. The summed E-state index contributed by atoms with van der Waals surface area (Å²) in [5.41, 5.74) is 2.49. The highest BCUT2D eigenvalue weighted by atomic mass is 16.5. The van der Waals surface area contributed by atoms with Crippen molar-refractivity contribution < 1.29 is 28.5 Å². The number of nitrogens with one attached hydrogen (secondary N) is 4. The number of hydrogen-bond donors (Lipinski definition) is 4. The van der Waals surface area contributed by atoms with E-state index in [2.05, 4.69) is 32.7 Å². The molecular formula is C29H37N5O6. The fourth-order valence-corrected chi connectivity index (χ4v) is 3.81. The molecule has 0 spiro atoms. The SMILES string of the molecule is C1COCCN1.C=CC(=O)Nc1cc(OCC)ccc1C(=O)Nc1cc(CCc2cc(OC)cc(OC)c2)[nH]n1. The van der Waals surface area contributed by atoms with Gasteiger partial charge in [-0.2, -0.15) is 5.10 Å². The molecule has 40 heavy (non-hydrogen) atoms. The van der Waals surface area contributed by atoms with Crippen molar-refractivity contribution in [2.75, 3.05) is 57.8 Å². The lowest BCUT2D eigenvalue weighted by Crippen LogP contribution is -2.30. The van der Waals surface area contributed by atoms with E-state index in [0.717, 1.165) is 61.6 Å². The fourth-order valence-electron chi connectivity index (χ4n) is 3.81. The van der Waals surface area contributed by atoms with Gasteiger partial charge >= 0.3 is 0 Å². The van der Waals surface area contributed by atoms with Crippen LogP contribution in [0, 0.1) is 0 Å². The minimum atomic E-state index is -0.432. The molecule has 1 saturated heterocycles. The minimum absolute atomic E-state index is 0.270. The number of methoxy groups -OCH3 is 2. The Kier molecular flexibility index (Phi) is 12.0. The predicted octanol–water partition coefficient (Wildman–Crippen LogP) is 3.59. The summed E-state index contributed by atoms with van der Waals surface area (Å²) in [6.07, 6.45) is 2.52. The summed E-state index contributed by atoms with van der Waals surface area (Å²) >= 11 is 0. The van der Waals surface area contributed by atoms with Crippen LogP contribution in [-0.2, 0) is 22.4 Å². The number of morpholine rings is 1. The van der Waals surface area contributed by atoms with E-state index in [1.54, 1.807) is 38.5 Å². The van der Waals surface area contributed by atoms with Gasteiger partial charge in [0.15, 0.2) is 5.82 Å². The third-order valence-corrected chi connectivity index (χ3v) is 5.80. The quantitative estimate of drug-likeness (QED) is 0.266. The molecule has 2 aromatic carbocycles. The Labute approximate surface area is 234 Å². The molecule has 11 nitrogen and oxygen atoms in total. The molecular weight excluding hydrogens is 514 g/mol. The van der Waals surface area contributed by atoms with Gasteiger partial charge in [-0.3, -0.25) is 14.7 Å². The number of aromatic nitrogens is 2. The lowest BCUT2D eigenvalue weighted by Gasteiger charge is -2.12. The van der Waals surface area contributed by atoms with Crippen molar-refractivity contribution in [3.63, 3.8) is 0 Å².